The molecule has 2 heterocycles. The third kappa shape index (κ3) is 4.62. The fourth-order valence-electron chi connectivity index (χ4n) is 4.90. The first-order valence-electron chi connectivity index (χ1n) is 11.8. The number of benzene rings is 1. The Bertz CT molecular complexity index is 1140. The molecule has 1 aromatic heterocycles. The highest BCUT2D eigenvalue weighted by Gasteiger charge is 2.43. The van der Waals surface area contributed by atoms with Crippen LogP contribution in [0.2, 0.25) is 0 Å². The minimum Gasteiger partial charge on any atom is -0.490 e. The number of carbonyl (C=O) groups is 1. The summed E-state index contributed by atoms with van der Waals surface area (Å²) in [5.41, 5.74) is 9.38. The van der Waals surface area contributed by atoms with Gasteiger partial charge in [0.2, 0.25) is 6.41 Å². The molecular weight excluding hydrogens is 430 g/mol. The van der Waals surface area contributed by atoms with E-state index in [9.17, 15) is 10.1 Å². The molecular formula is C26H29N5O3. The smallest absolute Gasteiger partial charge is 0.216 e. The Morgan fingerprint density at radius 2 is 2.15 bits per heavy atom. The minimum absolute atomic E-state index is 0.0193. The van der Waals surface area contributed by atoms with E-state index in [-0.39, 0.29) is 30.1 Å². The van der Waals surface area contributed by atoms with Gasteiger partial charge in [-0.1, -0.05) is 6.07 Å². The maximum atomic E-state index is 11.3. The van der Waals surface area contributed by atoms with Crippen LogP contribution in [0.1, 0.15) is 49.3 Å². The van der Waals surface area contributed by atoms with Crippen LogP contribution in [0.3, 0.4) is 0 Å². The SMILES string of the molecule is CN(C=O)C(N)=NC1c2cc(-c3cncc(C#N)c3)ccc2OC2CCC(OCC3CC3)C[C@@H]21. The van der Waals surface area contributed by atoms with Gasteiger partial charge in [-0.3, -0.25) is 14.7 Å². The number of aromatic nitrogens is 1. The summed E-state index contributed by atoms with van der Waals surface area (Å²) in [7, 11) is 1.60. The molecule has 4 atom stereocenters. The van der Waals surface area contributed by atoms with Gasteiger partial charge in [0.25, 0.3) is 0 Å². The van der Waals surface area contributed by atoms with E-state index in [2.05, 4.69) is 11.1 Å². The van der Waals surface area contributed by atoms with Gasteiger partial charge >= 0.3 is 0 Å². The molecule has 1 amide bonds. The Kier molecular flexibility index (Phi) is 6.20. The number of ether oxygens (including phenoxy) is 2. The van der Waals surface area contributed by atoms with Crippen molar-refractivity contribution in [3.8, 4) is 22.9 Å². The molecule has 3 unspecified atom stereocenters. The van der Waals surface area contributed by atoms with Crippen LogP contribution in [-0.2, 0) is 9.53 Å². The number of carbonyl (C=O) groups excluding carboxylic acids is 1. The molecule has 2 aromatic rings. The highest BCUT2D eigenvalue weighted by molar-refractivity contribution is 5.87. The molecule has 0 saturated heterocycles. The van der Waals surface area contributed by atoms with Crippen LogP contribution in [0, 0.1) is 23.2 Å². The number of nitrogens with two attached hydrogens (primary N) is 1. The van der Waals surface area contributed by atoms with Gasteiger partial charge in [0.05, 0.1) is 17.7 Å². The summed E-state index contributed by atoms with van der Waals surface area (Å²) in [6.45, 7) is 0.829. The van der Waals surface area contributed by atoms with E-state index in [4.69, 9.17) is 20.2 Å². The van der Waals surface area contributed by atoms with E-state index >= 15 is 0 Å². The molecule has 5 rings (SSSR count). The van der Waals surface area contributed by atoms with E-state index in [0.29, 0.717) is 17.9 Å². The summed E-state index contributed by atoms with van der Waals surface area (Å²) in [5.74, 6) is 1.75. The molecule has 0 radical (unpaired) electrons. The predicted molar refractivity (Wildman–Crippen MR) is 127 cm³/mol. The number of pyridine rings is 1. The van der Waals surface area contributed by atoms with Gasteiger partial charge in [-0.25, -0.2) is 4.99 Å². The van der Waals surface area contributed by atoms with Crippen LogP contribution in [0.4, 0.5) is 0 Å². The fraction of sp³-hybridized carbons (Fsp3) is 0.462. The average molecular weight is 460 g/mol. The van der Waals surface area contributed by atoms with Crippen molar-refractivity contribution >= 4 is 12.4 Å². The summed E-state index contributed by atoms with van der Waals surface area (Å²) < 4.78 is 12.7. The molecule has 1 aromatic carbocycles. The predicted octanol–water partition coefficient (Wildman–Crippen LogP) is 3.42. The second-order valence-electron chi connectivity index (χ2n) is 9.51. The van der Waals surface area contributed by atoms with Crippen LogP contribution in [-0.4, -0.2) is 48.1 Å². The highest BCUT2D eigenvalue weighted by Crippen LogP contribution is 2.48. The Morgan fingerprint density at radius 1 is 1.29 bits per heavy atom. The number of nitrogens with zero attached hydrogens (tertiary/aromatic N) is 4. The third-order valence-corrected chi connectivity index (χ3v) is 7.05. The van der Waals surface area contributed by atoms with E-state index in [1.54, 1.807) is 19.4 Å². The van der Waals surface area contributed by atoms with Crippen molar-refractivity contribution < 1.29 is 14.3 Å². The number of nitriles is 1. The lowest BCUT2D eigenvalue weighted by Gasteiger charge is -2.43. The van der Waals surface area contributed by atoms with E-state index in [1.165, 1.54) is 17.7 Å². The number of fused-ring (bicyclic) bond motifs is 2. The number of rotatable bonds is 6. The van der Waals surface area contributed by atoms with E-state index in [0.717, 1.165) is 48.3 Å². The summed E-state index contributed by atoms with van der Waals surface area (Å²) >= 11 is 0. The van der Waals surface area contributed by atoms with Crippen molar-refractivity contribution in [2.24, 2.45) is 22.6 Å². The van der Waals surface area contributed by atoms with Gasteiger partial charge < -0.3 is 15.2 Å². The Hall–Kier alpha value is -3.44. The van der Waals surface area contributed by atoms with Crippen LogP contribution < -0.4 is 10.5 Å². The molecule has 34 heavy (non-hydrogen) atoms. The first-order chi connectivity index (χ1) is 16.6. The molecule has 0 bridgehead atoms. The molecule has 176 valence electrons. The zero-order chi connectivity index (χ0) is 23.7. The van der Waals surface area contributed by atoms with Gasteiger partial charge in [0.15, 0.2) is 5.96 Å². The molecule has 0 spiro atoms. The molecule has 2 saturated carbocycles. The van der Waals surface area contributed by atoms with Crippen molar-refractivity contribution in [2.45, 2.75) is 50.4 Å². The monoisotopic (exact) mass is 459 g/mol. The Labute approximate surface area is 199 Å². The maximum Gasteiger partial charge on any atom is 0.216 e. The molecule has 3 aliphatic rings. The lowest BCUT2D eigenvalue weighted by molar-refractivity contribution is -0.114. The summed E-state index contributed by atoms with van der Waals surface area (Å²) in [5, 5.41) is 9.27. The van der Waals surface area contributed by atoms with Gasteiger partial charge in [0, 0.05) is 43.1 Å². The van der Waals surface area contributed by atoms with Gasteiger partial charge in [-0.05, 0) is 61.8 Å². The highest BCUT2D eigenvalue weighted by atomic mass is 16.5. The Morgan fingerprint density at radius 3 is 2.91 bits per heavy atom. The molecule has 8 nitrogen and oxygen atoms in total. The zero-order valence-corrected chi connectivity index (χ0v) is 19.3. The standard InChI is InChI=1S/C26H29N5O3/c1-31(15-32)26(28)30-25-21-9-18(19-8-17(11-27)12-29-13-19)4-6-23(21)34-24-7-5-20(10-22(24)25)33-14-16-2-3-16/h4,6,8-9,12-13,15-16,20,22,24-25H,2-3,5,7,10,14H2,1H3,(H2,28,30)/t20?,22-,24?,25?/m0/s1. The lowest BCUT2D eigenvalue weighted by Crippen LogP contribution is -2.43. The molecule has 8 heteroatoms. The van der Waals surface area contributed by atoms with E-state index in [1.807, 2.05) is 24.3 Å². The topological polar surface area (TPSA) is 114 Å². The van der Waals surface area contributed by atoms with Crippen molar-refractivity contribution in [1.29, 1.82) is 5.26 Å². The summed E-state index contributed by atoms with van der Waals surface area (Å²) in [4.78, 5) is 21.6. The van der Waals surface area contributed by atoms with Crippen molar-refractivity contribution in [1.82, 2.24) is 9.88 Å². The van der Waals surface area contributed by atoms with Gasteiger partial charge in [-0.2, -0.15) is 5.26 Å². The zero-order valence-electron chi connectivity index (χ0n) is 19.3. The third-order valence-electron chi connectivity index (χ3n) is 7.05. The van der Waals surface area contributed by atoms with Gasteiger partial charge in [0.1, 0.15) is 17.9 Å². The average Bonchev–Trinajstić information content (AvgIpc) is 3.71. The number of aliphatic imine (C=N–C) groups is 1. The number of hydrogen-bond acceptors (Lipinski definition) is 6. The fourth-order valence-corrected chi connectivity index (χ4v) is 4.90. The molecule has 2 N–H and O–H groups in total. The van der Waals surface area contributed by atoms with Crippen molar-refractivity contribution in [2.75, 3.05) is 13.7 Å². The normalized spacial score (nSPS) is 25.9. The van der Waals surface area contributed by atoms with Crippen LogP contribution >= 0.6 is 0 Å². The molecule has 1 aliphatic heterocycles. The second kappa shape index (κ2) is 9.43. The molecule has 2 aliphatic carbocycles. The quantitative estimate of drug-likeness (QED) is 0.402. The van der Waals surface area contributed by atoms with Gasteiger partial charge in [-0.15, -0.1) is 0 Å². The second-order valence-corrected chi connectivity index (χ2v) is 9.51. The van der Waals surface area contributed by atoms with Crippen molar-refractivity contribution in [3.63, 3.8) is 0 Å². The number of amides is 1. The minimum atomic E-state index is -0.268. The first kappa shape index (κ1) is 22.4. The number of hydrogen-bond donors (Lipinski definition) is 1. The summed E-state index contributed by atoms with van der Waals surface area (Å²) in [6, 6.07) is 9.66. The Balaban J connectivity index is 1.50. The van der Waals surface area contributed by atoms with Crippen LogP contribution in [0.15, 0.2) is 41.7 Å². The van der Waals surface area contributed by atoms with E-state index < -0.39 is 0 Å². The lowest BCUT2D eigenvalue weighted by atomic mass is 9.75. The van der Waals surface area contributed by atoms with Crippen molar-refractivity contribution in [3.05, 3.63) is 47.8 Å². The van der Waals surface area contributed by atoms with Crippen LogP contribution in [0.25, 0.3) is 11.1 Å². The van der Waals surface area contributed by atoms with Crippen LogP contribution in [0.5, 0.6) is 5.75 Å². The first-order valence-corrected chi connectivity index (χ1v) is 11.8. The number of guanidine groups is 1. The maximum absolute atomic E-state index is 11.3. The molecule has 2 fully saturated rings. The largest absolute Gasteiger partial charge is 0.490 e. The summed E-state index contributed by atoms with van der Waals surface area (Å²) in [6.07, 6.45) is 9.36.